The van der Waals surface area contributed by atoms with Gasteiger partial charge in [-0.25, -0.2) is 0 Å². The Morgan fingerprint density at radius 2 is 1.56 bits per heavy atom. The number of unbranched alkanes of at least 4 members (excludes halogenated alkanes) is 10. The van der Waals surface area contributed by atoms with Gasteiger partial charge in [-0.3, -0.25) is 0 Å². The monoisotopic (exact) mass is 386 g/mol. The van der Waals surface area contributed by atoms with Crippen LogP contribution < -0.4 is 0 Å². The summed E-state index contributed by atoms with van der Waals surface area (Å²) in [4.78, 5) is 0. The molecule has 0 bridgehead atoms. The van der Waals surface area contributed by atoms with Crippen molar-refractivity contribution in [2.45, 2.75) is 108 Å². The topological polar surface area (TPSA) is 79.2 Å². The summed E-state index contributed by atoms with van der Waals surface area (Å²) in [5.41, 5.74) is 0. The Hall–Kier alpha value is -0.460. The molecule has 1 rings (SSSR count). The largest absolute Gasteiger partial charge is 0.394 e. The van der Waals surface area contributed by atoms with E-state index in [2.05, 4.69) is 19.1 Å². The molecule has 160 valence electrons. The molecule has 3 N–H and O–H groups in total. The van der Waals surface area contributed by atoms with Crippen molar-refractivity contribution in [3.8, 4) is 0 Å². The van der Waals surface area contributed by atoms with Gasteiger partial charge in [0.15, 0.2) is 0 Å². The maximum absolute atomic E-state index is 10.0. The molecule has 0 aromatic carbocycles. The summed E-state index contributed by atoms with van der Waals surface area (Å²) in [6.45, 7) is 2.63. The predicted molar refractivity (Wildman–Crippen MR) is 109 cm³/mol. The molecule has 5 nitrogen and oxygen atoms in total. The van der Waals surface area contributed by atoms with Gasteiger partial charge in [-0.1, -0.05) is 76.9 Å². The fraction of sp³-hybridized carbons (Fsp3) is 0.909. The van der Waals surface area contributed by atoms with E-state index in [1.165, 1.54) is 64.2 Å². The molecular weight excluding hydrogens is 344 g/mol. The Kier molecular flexibility index (Phi) is 15.0. The second-order valence-corrected chi connectivity index (χ2v) is 7.68. The smallest absolute Gasteiger partial charge is 0.114 e. The van der Waals surface area contributed by atoms with E-state index in [1.54, 1.807) is 0 Å². The lowest BCUT2D eigenvalue weighted by molar-refractivity contribution is -0.0726. The molecule has 0 aromatic heterocycles. The first-order valence-electron chi connectivity index (χ1n) is 11.1. The summed E-state index contributed by atoms with van der Waals surface area (Å²) in [5, 5.41) is 28.5. The number of aliphatic hydroxyl groups is 3. The molecule has 1 fully saturated rings. The van der Waals surface area contributed by atoms with Gasteiger partial charge in [-0.15, -0.1) is 0 Å². The molecule has 4 atom stereocenters. The van der Waals surface area contributed by atoms with Crippen LogP contribution in [0.25, 0.3) is 0 Å². The fourth-order valence-electron chi connectivity index (χ4n) is 3.48. The molecule has 0 aromatic rings. The summed E-state index contributed by atoms with van der Waals surface area (Å²) >= 11 is 0. The summed E-state index contributed by atoms with van der Waals surface area (Å²) in [7, 11) is 0. The van der Waals surface area contributed by atoms with Gasteiger partial charge in [0.25, 0.3) is 0 Å². The molecule has 1 aliphatic rings. The maximum Gasteiger partial charge on any atom is 0.114 e. The van der Waals surface area contributed by atoms with E-state index in [9.17, 15) is 10.2 Å². The van der Waals surface area contributed by atoms with Gasteiger partial charge in [-0.05, 0) is 19.3 Å². The van der Waals surface area contributed by atoms with Gasteiger partial charge in [0, 0.05) is 0 Å². The third-order valence-electron chi connectivity index (χ3n) is 5.24. The zero-order valence-corrected chi connectivity index (χ0v) is 17.2. The van der Waals surface area contributed by atoms with E-state index in [-0.39, 0.29) is 6.61 Å². The third-order valence-corrected chi connectivity index (χ3v) is 5.24. The minimum atomic E-state index is -1.06. The molecule has 1 heterocycles. The van der Waals surface area contributed by atoms with Crippen molar-refractivity contribution in [2.24, 2.45) is 0 Å². The number of rotatable bonds is 17. The Morgan fingerprint density at radius 1 is 0.963 bits per heavy atom. The highest BCUT2D eigenvalue weighted by Crippen LogP contribution is 2.20. The van der Waals surface area contributed by atoms with Crippen LogP contribution in [0, 0.1) is 0 Å². The molecule has 1 aliphatic heterocycles. The average molecular weight is 387 g/mol. The highest BCUT2D eigenvalue weighted by Gasteiger charge is 2.40. The van der Waals surface area contributed by atoms with Crippen LogP contribution in [-0.4, -0.2) is 59.6 Å². The van der Waals surface area contributed by atoms with Gasteiger partial charge in [0.1, 0.15) is 24.4 Å². The molecule has 1 saturated heterocycles. The first-order chi connectivity index (χ1) is 13.2. The minimum Gasteiger partial charge on any atom is -0.394 e. The lowest BCUT2D eigenvalue weighted by Crippen LogP contribution is -2.41. The van der Waals surface area contributed by atoms with Crippen molar-refractivity contribution >= 4 is 0 Å². The second-order valence-electron chi connectivity index (χ2n) is 7.68. The molecule has 0 unspecified atom stereocenters. The molecule has 0 spiro atoms. The number of hydrogen-bond donors (Lipinski definition) is 3. The zero-order valence-electron chi connectivity index (χ0n) is 17.2. The van der Waals surface area contributed by atoms with Crippen LogP contribution in [0.5, 0.6) is 0 Å². The molecule has 0 saturated carbocycles. The predicted octanol–water partition coefficient (Wildman–Crippen LogP) is 3.74. The van der Waals surface area contributed by atoms with Crippen molar-refractivity contribution in [3.63, 3.8) is 0 Å². The molecule has 0 radical (unpaired) electrons. The van der Waals surface area contributed by atoms with E-state index in [4.69, 9.17) is 14.6 Å². The van der Waals surface area contributed by atoms with Crippen molar-refractivity contribution in [1.82, 2.24) is 0 Å². The Labute approximate surface area is 165 Å². The Bertz CT molecular complexity index is 361. The van der Waals surface area contributed by atoms with Gasteiger partial charge in [-0.2, -0.15) is 0 Å². The van der Waals surface area contributed by atoms with Crippen LogP contribution in [0.15, 0.2) is 12.2 Å². The number of hydrogen-bond acceptors (Lipinski definition) is 5. The standard InChI is InChI=1S/C22H42O5/c1-2-3-4-5-6-7-8-9-10-11-12-13-14-15-16-26-20-18-27-22(21(20)25)19(24)17-23/h13-14,19-25H,2-12,15-18H2,1H3/b14-13+/t19-,20+,21-,22-/m0/s1. The highest BCUT2D eigenvalue weighted by molar-refractivity contribution is 4.89. The number of aliphatic hydroxyl groups excluding tert-OH is 3. The van der Waals surface area contributed by atoms with E-state index in [0.29, 0.717) is 6.61 Å². The van der Waals surface area contributed by atoms with Crippen molar-refractivity contribution in [1.29, 1.82) is 0 Å². The van der Waals surface area contributed by atoms with Crippen LogP contribution in [0.1, 0.15) is 84.0 Å². The van der Waals surface area contributed by atoms with Gasteiger partial charge in [0.2, 0.25) is 0 Å². The van der Waals surface area contributed by atoms with E-state index >= 15 is 0 Å². The average Bonchev–Trinajstić information content (AvgIpc) is 3.04. The summed E-state index contributed by atoms with van der Waals surface area (Å²) in [6.07, 6.45) is 16.8. The van der Waals surface area contributed by atoms with Crippen LogP contribution in [0.2, 0.25) is 0 Å². The summed E-state index contributed by atoms with van der Waals surface area (Å²) in [6, 6.07) is 0. The quantitative estimate of drug-likeness (QED) is 0.262. The Morgan fingerprint density at radius 3 is 2.19 bits per heavy atom. The van der Waals surface area contributed by atoms with Gasteiger partial charge < -0.3 is 24.8 Å². The van der Waals surface area contributed by atoms with Gasteiger partial charge in [0.05, 0.1) is 19.8 Å². The van der Waals surface area contributed by atoms with Crippen LogP contribution in [-0.2, 0) is 9.47 Å². The fourth-order valence-corrected chi connectivity index (χ4v) is 3.48. The summed E-state index contributed by atoms with van der Waals surface area (Å²) < 4.78 is 10.9. The lowest BCUT2D eigenvalue weighted by Gasteiger charge is -2.20. The summed E-state index contributed by atoms with van der Waals surface area (Å²) in [5.74, 6) is 0. The Balaban J connectivity index is 1.88. The van der Waals surface area contributed by atoms with E-state index in [0.717, 1.165) is 12.8 Å². The number of allylic oxidation sites excluding steroid dienone is 1. The highest BCUT2D eigenvalue weighted by atomic mass is 16.6. The third kappa shape index (κ3) is 11.2. The molecule has 5 heteroatoms. The lowest BCUT2D eigenvalue weighted by atomic mass is 10.1. The second kappa shape index (κ2) is 16.5. The molecular formula is C22H42O5. The van der Waals surface area contributed by atoms with Gasteiger partial charge >= 0.3 is 0 Å². The molecule has 0 amide bonds. The van der Waals surface area contributed by atoms with Crippen LogP contribution in [0.4, 0.5) is 0 Å². The van der Waals surface area contributed by atoms with Crippen LogP contribution in [0.3, 0.4) is 0 Å². The maximum atomic E-state index is 10.0. The van der Waals surface area contributed by atoms with E-state index < -0.39 is 31.0 Å². The molecule has 27 heavy (non-hydrogen) atoms. The normalized spacial score (nSPS) is 24.1. The minimum absolute atomic E-state index is 0.255. The van der Waals surface area contributed by atoms with Crippen molar-refractivity contribution in [3.05, 3.63) is 12.2 Å². The van der Waals surface area contributed by atoms with Crippen LogP contribution >= 0.6 is 0 Å². The van der Waals surface area contributed by atoms with E-state index in [1.807, 2.05) is 0 Å². The van der Waals surface area contributed by atoms with Crippen molar-refractivity contribution < 1.29 is 24.8 Å². The SMILES string of the molecule is CCCCCCCCCCCC/C=C/CCO[C@@H]1CO[C@@H]([C@@H](O)CO)[C@H]1O. The molecule has 0 aliphatic carbocycles. The zero-order chi connectivity index (χ0) is 19.7. The first-order valence-corrected chi connectivity index (χ1v) is 11.1. The first kappa shape index (κ1) is 24.6. The van der Waals surface area contributed by atoms with Crippen molar-refractivity contribution in [2.75, 3.05) is 19.8 Å². The number of ether oxygens (including phenoxy) is 2.